The highest BCUT2D eigenvalue weighted by molar-refractivity contribution is 7.17. The molecule has 0 atom stereocenters. The van der Waals surface area contributed by atoms with Gasteiger partial charge in [-0.25, -0.2) is 9.97 Å². The van der Waals surface area contributed by atoms with Crippen LogP contribution >= 0.6 is 11.3 Å². The first kappa shape index (κ1) is 21.9. The average Bonchev–Trinajstić information content (AvgIpc) is 3.19. The number of para-hydroxylation sites is 1. The monoisotopic (exact) mass is 456 g/mol. The number of hydrazine groups is 1. The topological polar surface area (TPSA) is 118 Å². The second kappa shape index (κ2) is 9.45. The van der Waals surface area contributed by atoms with Gasteiger partial charge in [-0.05, 0) is 26.0 Å². The standard InChI is InChI=1S/C21H24N6O4S/c1-13-18(32-21(22-13)26-9-11-31-12-10-26)19(29)25-24-17(28)7-8-27-14(2)23-16-6-4-3-5-15(16)20(27)30/h3-6H,7-12H2,1-2H3,(H,24,28)(H,25,29). The molecule has 0 bridgehead atoms. The summed E-state index contributed by atoms with van der Waals surface area (Å²) >= 11 is 1.28. The Morgan fingerprint density at radius 2 is 1.88 bits per heavy atom. The summed E-state index contributed by atoms with van der Waals surface area (Å²) in [5.41, 5.74) is 5.89. The summed E-state index contributed by atoms with van der Waals surface area (Å²) in [5, 5.41) is 1.27. The van der Waals surface area contributed by atoms with E-state index in [1.807, 2.05) is 6.07 Å². The van der Waals surface area contributed by atoms with E-state index in [2.05, 4.69) is 25.7 Å². The minimum Gasteiger partial charge on any atom is -0.378 e. The summed E-state index contributed by atoms with van der Waals surface area (Å²) in [7, 11) is 0. The number of hydrogen-bond acceptors (Lipinski definition) is 8. The molecule has 1 aliphatic heterocycles. The molecular formula is C21H24N6O4S. The number of morpholine rings is 1. The number of amides is 2. The highest BCUT2D eigenvalue weighted by atomic mass is 32.1. The number of fused-ring (bicyclic) bond motifs is 1. The number of aromatic nitrogens is 3. The molecule has 11 heteroatoms. The zero-order chi connectivity index (χ0) is 22.7. The first-order chi connectivity index (χ1) is 15.4. The first-order valence-corrected chi connectivity index (χ1v) is 11.1. The second-order valence-corrected chi connectivity index (χ2v) is 8.37. The van der Waals surface area contributed by atoms with Crippen LogP contribution in [0.3, 0.4) is 0 Å². The Morgan fingerprint density at radius 3 is 2.66 bits per heavy atom. The molecular weight excluding hydrogens is 432 g/mol. The van der Waals surface area contributed by atoms with Gasteiger partial charge in [-0.2, -0.15) is 0 Å². The minimum absolute atomic E-state index is 0.0156. The van der Waals surface area contributed by atoms with Crippen molar-refractivity contribution in [2.45, 2.75) is 26.8 Å². The Hall–Kier alpha value is -3.31. The van der Waals surface area contributed by atoms with Crippen LogP contribution in [0, 0.1) is 13.8 Å². The predicted molar refractivity (Wildman–Crippen MR) is 121 cm³/mol. The van der Waals surface area contributed by atoms with Gasteiger partial charge in [-0.15, -0.1) is 0 Å². The molecule has 168 valence electrons. The molecule has 3 aromatic rings. The molecule has 10 nitrogen and oxygen atoms in total. The van der Waals surface area contributed by atoms with Crippen LogP contribution in [0.15, 0.2) is 29.1 Å². The SMILES string of the molecule is Cc1nc(N2CCOCC2)sc1C(=O)NNC(=O)CCn1c(C)nc2ccccc2c1=O. The molecule has 2 aromatic heterocycles. The average molecular weight is 457 g/mol. The van der Waals surface area contributed by atoms with Crippen molar-refractivity contribution in [2.75, 3.05) is 31.2 Å². The van der Waals surface area contributed by atoms with Crippen molar-refractivity contribution in [3.05, 3.63) is 51.0 Å². The van der Waals surface area contributed by atoms with E-state index in [0.29, 0.717) is 40.5 Å². The van der Waals surface area contributed by atoms with Crippen LogP contribution in [-0.2, 0) is 16.1 Å². The number of nitrogens with zero attached hydrogens (tertiary/aromatic N) is 4. The van der Waals surface area contributed by atoms with E-state index in [-0.39, 0.29) is 18.5 Å². The molecule has 2 amide bonds. The highest BCUT2D eigenvalue weighted by Crippen LogP contribution is 2.26. The maximum atomic E-state index is 12.7. The number of ether oxygens (including phenoxy) is 1. The number of hydrogen-bond donors (Lipinski definition) is 2. The van der Waals surface area contributed by atoms with Gasteiger partial charge in [0, 0.05) is 26.1 Å². The third kappa shape index (κ3) is 4.63. The highest BCUT2D eigenvalue weighted by Gasteiger charge is 2.21. The largest absolute Gasteiger partial charge is 0.378 e. The smallest absolute Gasteiger partial charge is 0.281 e. The van der Waals surface area contributed by atoms with Crippen molar-refractivity contribution < 1.29 is 14.3 Å². The molecule has 32 heavy (non-hydrogen) atoms. The van der Waals surface area contributed by atoms with E-state index < -0.39 is 11.8 Å². The van der Waals surface area contributed by atoms with Crippen molar-refractivity contribution in [3.8, 4) is 0 Å². The van der Waals surface area contributed by atoms with Crippen molar-refractivity contribution >= 4 is 39.2 Å². The molecule has 0 saturated carbocycles. The number of carbonyl (C=O) groups is 2. The van der Waals surface area contributed by atoms with Gasteiger partial charge >= 0.3 is 0 Å². The number of anilines is 1. The molecule has 1 aliphatic rings. The Kier molecular flexibility index (Phi) is 6.47. The van der Waals surface area contributed by atoms with Crippen LogP contribution in [-0.4, -0.2) is 52.7 Å². The molecule has 0 spiro atoms. The Labute approximate surface area is 188 Å². The van der Waals surface area contributed by atoms with Gasteiger partial charge in [-0.3, -0.25) is 29.8 Å². The van der Waals surface area contributed by atoms with Crippen molar-refractivity contribution in [2.24, 2.45) is 0 Å². The number of benzene rings is 1. The van der Waals surface area contributed by atoms with Crippen LogP contribution in [0.25, 0.3) is 10.9 Å². The van der Waals surface area contributed by atoms with Gasteiger partial charge in [0.25, 0.3) is 11.5 Å². The van der Waals surface area contributed by atoms with E-state index >= 15 is 0 Å². The van der Waals surface area contributed by atoms with Crippen molar-refractivity contribution in [1.29, 1.82) is 0 Å². The summed E-state index contributed by atoms with van der Waals surface area (Å²) < 4.78 is 6.81. The number of rotatable bonds is 5. The molecule has 0 radical (unpaired) electrons. The summed E-state index contributed by atoms with van der Waals surface area (Å²) in [6.07, 6.45) is 0.0156. The summed E-state index contributed by atoms with van der Waals surface area (Å²) in [5.74, 6) is -0.302. The van der Waals surface area contributed by atoms with E-state index in [0.717, 1.165) is 18.2 Å². The van der Waals surface area contributed by atoms with E-state index in [9.17, 15) is 14.4 Å². The first-order valence-electron chi connectivity index (χ1n) is 10.3. The zero-order valence-electron chi connectivity index (χ0n) is 17.9. The van der Waals surface area contributed by atoms with E-state index in [4.69, 9.17) is 4.74 Å². The molecule has 0 unspecified atom stereocenters. The molecule has 1 fully saturated rings. The van der Waals surface area contributed by atoms with Crippen molar-refractivity contribution in [1.82, 2.24) is 25.4 Å². The lowest BCUT2D eigenvalue weighted by Crippen LogP contribution is -2.42. The lowest BCUT2D eigenvalue weighted by atomic mass is 10.2. The Balaban J connectivity index is 1.35. The fourth-order valence-electron chi connectivity index (χ4n) is 3.48. The fourth-order valence-corrected chi connectivity index (χ4v) is 4.50. The predicted octanol–water partition coefficient (Wildman–Crippen LogP) is 1.16. The van der Waals surface area contributed by atoms with E-state index in [1.54, 1.807) is 32.0 Å². The van der Waals surface area contributed by atoms with Gasteiger partial charge < -0.3 is 9.64 Å². The maximum absolute atomic E-state index is 12.7. The molecule has 1 aromatic carbocycles. The lowest BCUT2D eigenvalue weighted by Gasteiger charge is -2.25. The summed E-state index contributed by atoms with van der Waals surface area (Å²) in [6.45, 7) is 6.37. The van der Waals surface area contributed by atoms with Gasteiger partial charge in [0.05, 0.1) is 29.8 Å². The van der Waals surface area contributed by atoms with Crippen LogP contribution < -0.4 is 21.3 Å². The third-order valence-electron chi connectivity index (χ3n) is 5.20. The molecule has 2 N–H and O–H groups in total. The molecule has 3 heterocycles. The Bertz CT molecular complexity index is 1210. The van der Waals surface area contributed by atoms with Crippen LogP contribution in [0.4, 0.5) is 5.13 Å². The summed E-state index contributed by atoms with van der Waals surface area (Å²) in [6, 6.07) is 7.09. The lowest BCUT2D eigenvalue weighted by molar-refractivity contribution is -0.122. The molecule has 1 saturated heterocycles. The Morgan fingerprint density at radius 1 is 1.12 bits per heavy atom. The van der Waals surface area contributed by atoms with E-state index in [1.165, 1.54) is 15.9 Å². The molecule has 0 aliphatic carbocycles. The minimum atomic E-state index is -0.423. The fraction of sp³-hybridized carbons (Fsp3) is 0.381. The van der Waals surface area contributed by atoms with Gasteiger partial charge in [0.15, 0.2) is 5.13 Å². The quantitative estimate of drug-likeness (QED) is 0.553. The van der Waals surface area contributed by atoms with Gasteiger partial charge in [-0.1, -0.05) is 23.5 Å². The zero-order valence-corrected chi connectivity index (χ0v) is 18.7. The van der Waals surface area contributed by atoms with Crippen LogP contribution in [0.5, 0.6) is 0 Å². The van der Waals surface area contributed by atoms with Gasteiger partial charge in [0.1, 0.15) is 10.7 Å². The second-order valence-electron chi connectivity index (χ2n) is 7.40. The van der Waals surface area contributed by atoms with Crippen LogP contribution in [0.1, 0.15) is 27.6 Å². The summed E-state index contributed by atoms with van der Waals surface area (Å²) in [4.78, 5) is 48.9. The van der Waals surface area contributed by atoms with Crippen molar-refractivity contribution in [3.63, 3.8) is 0 Å². The number of thiazole rings is 1. The normalized spacial score (nSPS) is 13.9. The number of nitrogens with one attached hydrogen (secondary N) is 2. The number of carbonyl (C=O) groups excluding carboxylic acids is 2. The van der Waals surface area contributed by atoms with Gasteiger partial charge in [0.2, 0.25) is 5.91 Å². The molecule has 4 rings (SSSR count). The third-order valence-corrected chi connectivity index (χ3v) is 6.42. The van der Waals surface area contributed by atoms with Crippen LogP contribution in [0.2, 0.25) is 0 Å². The maximum Gasteiger partial charge on any atom is 0.281 e. The number of aryl methyl sites for hydroxylation is 2.